The van der Waals surface area contributed by atoms with Gasteiger partial charge in [-0.1, -0.05) is 17.8 Å². The largest absolute Gasteiger partial charge is 0.481 e. The zero-order valence-corrected chi connectivity index (χ0v) is 12.0. The van der Waals surface area contributed by atoms with Gasteiger partial charge in [-0.3, -0.25) is 4.79 Å². The van der Waals surface area contributed by atoms with Crippen molar-refractivity contribution in [2.75, 3.05) is 7.11 Å². The molecule has 0 atom stereocenters. The Balaban J connectivity index is 1.72. The molecular weight excluding hydrogens is 274 g/mol. The summed E-state index contributed by atoms with van der Waals surface area (Å²) in [6.45, 7) is 0. The molecule has 0 spiro atoms. The Kier molecular flexibility index (Phi) is 3.73. The molecule has 0 aromatic carbocycles. The molecule has 1 aliphatic rings. The molecule has 20 heavy (non-hydrogen) atoms. The van der Waals surface area contributed by atoms with Crippen LogP contribution in [0.1, 0.15) is 23.2 Å². The first-order valence-electron chi connectivity index (χ1n) is 6.50. The first kappa shape index (κ1) is 13.2. The van der Waals surface area contributed by atoms with Crippen molar-refractivity contribution in [1.29, 1.82) is 0 Å². The molecule has 2 aromatic heterocycles. The Morgan fingerprint density at radius 2 is 2.30 bits per heavy atom. The zero-order chi connectivity index (χ0) is 13.9. The first-order valence-corrected chi connectivity index (χ1v) is 7.48. The van der Waals surface area contributed by atoms with E-state index in [-0.39, 0.29) is 5.56 Å². The van der Waals surface area contributed by atoms with Crippen molar-refractivity contribution in [2.24, 2.45) is 0 Å². The topological polar surface area (TPSA) is 67.9 Å². The maximum absolute atomic E-state index is 11.9. The smallest absolute Gasteiger partial charge is 0.254 e. The van der Waals surface area contributed by atoms with E-state index in [1.165, 1.54) is 11.8 Å². The summed E-state index contributed by atoms with van der Waals surface area (Å²) in [5.74, 6) is 1.32. The van der Waals surface area contributed by atoms with E-state index >= 15 is 0 Å². The third kappa shape index (κ3) is 2.70. The molecule has 0 bridgehead atoms. The van der Waals surface area contributed by atoms with E-state index < -0.39 is 0 Å². The average Bonchev–Trinajstić information content (AvgIpc) is 2.94. The fourth-order valence-electron chi connectivity index (χ4n) is 2.26. The van der Waals surface area contributed by atoms with Crippen molar-refractivity contribution in [1.82, 2.24) is 15.0 Å². The zero-order valence-electron chi connectivity index (χ0n) is 11.2. The van der Waals surface area contributed by atoms with Crippen LogP contribution < -0.4 is 10.3 Å². The lowest BCUT2D eigenvalue weighted by Crippen LogP contribution is -2.14. The number of hydrogen-bond acceptors (Lipinski definition) is 5. The summed E-state index contributed by atoms with van der Waals surface area (Å²) >= 11 is 1.52. The lowest BCUT2D eigenvalue weighted by molar-refractivity contribution is 0.397. The SMILES string of the molecule is COc1ccc(CSc2nc3c(c(=O)[nH]2)CCC3)cn1. The molecule has 1 aliphatic carbocycles. The molecule has 0 unspecified atom stereocenters. The molecule has 0 radical (unpaired) electrons. The van der Waals surface area contributed by atoms with Crippen LogP contribution in [0.2, 0.25) is 0 Å². The predicted molar refractivity (Wildman–Crippen MR) is 77.2 cm³/mol. The first-order chi connectivity index (χ1) is 9.76. The van der Waals surface area contributed by atoms with Crippen molar-refractivity contribution >= 4 is 11.8 Å². The van der Waals surface area contributed by atoms with Gasteiger partial charge in [-0.05, 0) is 24.8 Å². The average molecular weight is 289 g/mol. The molecule has 1 N–H and O–H groups in total. The standard InChI is InChI=1S/C14H15N3O2S/c1-19-12-6-5-9(7-15-12)8-20-14-16-11-4-2-3-10(11)13(18)17-14/h5-7H,2-4,8H2,1H3,(H,16,17,18). The number of rotatable bonds is 4. The van der Waals surface area contributed by atoms with E-state index in [2.05, 4.69) is 15.0 Å². The van der Waals surface area contributed by atoms with Crippen LogP contribution in [-0.4, -0.2) is 22.1 Å². The number of thioether (sulfide) groups is 1. The lowest BCUT2D eigenvalue weighted by Gasteiger charge is -2.04. The highest BCUT2D eigenvalue weighted by molar-refractivity contribution is 7.98. The number of nitrogens with one attached hydrogen (secondary N) is 1. The number of pyridine rings is 1. The van der Waals surface area contributed by atoms with Gasteiger partial charge in [0.1, 0.15) is 0 Å². The summed E-state index contributed by atoms with van der Waals surface area (Å²) in [4.78, 5) is 23.4. The number of H-pyrrole nitrogens is 1. The summed E-state index contributed by atoms with van der Waals surface area (Å²) in [5.41, 5.74) is 2.91. The maximum atomic E-state index is 11.9. The van der Waals surface area contributed by atoms with Crippen LogP contribution in [-0.2, 0) is 18.6 Å². The maximum Gasteiger partial charge on any atom is 0.254 e. The van der Waals surface area contributed by atoms with Crippen molar-refractivity contribution in [3.05, 3.63) is 45.5 Å². The van der Waals surface area contributed by atoms with Gasteiger partial charge in [-0.15, -0.1) is 0 Å². The van der Waals surface area contributed by atoms with Gasteiger partial charge in [0.25, 0.3) is 5.56 Å². The van der Waals surface area contributed by atoms with E-state index in [4.69, 9.17) is 4.74 Å². The van der Waals surface area contributed by atoms with E-state index in [1.54, 1.807) is 13.3 Å². The summed E-state index contributed by atoms with van der Waals surface area (Å²) in [7, 11) is 1.59. The van der Waals surface area contributed by atoms with Crippen LogP contribution in [0, 0.1) is 0 Å². The van der Waals surface area contributed by atoms with Gasteiger partial charge in [0.2, 0.25) is 5.88 Å². The van der Waals surface area contributed by atoms with Gasteiger partial charge in [-0.25, -0.2) is 9.97 Å². The minimum atomic E-state index is 0.0165. The molecule has 0 saturated heterocycles. The molecule has 0 fully saturated rings. The number of nitrogens with zero attached hydrogens (tertiary/aromatic N) is 2. The molecule has 0 aliphatic heterocycles. The highest BCUT2D eigenvalue weighted by Crippen LogP contribution is 2.22. The normalized spacial score (nSPS) is 13.2. The number of aromatic nitrogens is 3. The molecule has 3 rings (SSSR count). The minimum absolute atomic E-state index is 0.0165. The monoisotopic (exact) mass is 289 g/mol. The van der Waals surface area contributed by atoms with Gasteiger partial charge < -0.3 is 9.72 Å². The molecule has 2 heterocycles. The van der Waals surface area contributed by atoms with E-state index in [1.807, 2.05) is 12.1 Å². The Morgan fingerprint density at radius 1 is 1.40 bits per heavy atom. The second-order valence-electron chi connectivity index (χ2n) is 4.65. The van der Waals surface area contributed by atoms with Crippen molar-refractivity contribution in [2.45, 2.75) is 30.2 Å². The Bertz CT molecular complexity index is 667. The molecule has 2 aromatic rings. The second kappa shape index (κ2) is 5.66. The van der Waals surface area contributed by atoms with Crippen LogP contribution in [0.25, 0.3) is 0 Å². The summed E-state index contributed by atoms with van der Waals surface area (Å²) < 4.78 is 5.02. The Labute approximate surface area is 120 Å². The highest BCUT2D eigenvalue weighted by Gasteiger charge is 2.17. The second-order valence-corrected chi connectivity index (χ2v) is 5.61. The molecule has 0 saturated carbocycles. The molecule has 5 nitrogen and oxygen atoms in total. The summed E-state index contributed by atoms with van der Waals surface area (Å²) in [6, 6.07) is 3.79. The van der Waals surface area contributed by atoms with Gasteiger partial charge in [0, 0.05) is 23.6 Å². The van der Waals surface area contributed by atoms with Crippen molar-refractivity contribution in [3.8, 4) is 5.88 Å². The van der Waals surface area contributed by atoms with Crippen LogP contribution in [0.5, 0.6) is 5.88 Å². The van der Waals surface area contributed by atoms with E-state index in [0.29, 0.717) is 11.0 Å². The number of ether oxygens (including phenoxy) is 1. The summed E-state index contributed by atoms with van der Waals surface area (Å²) in [5, 5.41) is 0.687. The van der Waals surface area contributed by atoms with Gasteiger partial charge in [0.15, 0.2) is 5.16 Å². The van der Waals surface area contributed by atoms with Crippen LogP contribution >= 0.6 is 11.8 Å². The third-order valence-corrected chi connectivity index (χ3v) is 4.25. The summed E-state index contributed by atoms with van der Waals surface area (Å²) in [6.07, 6.45) is 4.57. The number of aromatic amines is 1. The van der Waals surface area contributed by atoms with Crippen LogP contribution in [0.15, 0.2) is 28.3 Å². The van der Waals surface area contributed by atoms with E-state index in [0.717, 1.165) is 41.8 Å². The Morgan fingerprint density at radius 3 is 3.05 bits per heavy atom. The van der Waals surface area contributed by atoms with Crippen LogP contribution in [0.4, 0.5) is 0 Å². The number of methoxy groups -OCH3 is 1. The van der Waals surface area contributed by atoms with Crippen molar-refractivity contribution < 1.29 is 4.74 Å². The molecule has 0 amide bonds. The fraction of sp³-hybridized carbons (Fsp3) is 0.357. The fourth-order valence-corrected chi connectivity index (χ4v) is 3.07. The minimum Gasteiger partial charge on any atom is -0.481 e. The molecular formula is C14H15N3O2S. The molecule has 104 valence electrons. The number of hydrogen-bond donors (Lipinski definition) is 1. The van der Waals surface area contributed by atoms with Gasteiger partial charge in [0.05, 0.1) is 12.8 Å². The third-order valence-electron chi connectivity index (χ3n) is 3.30. The lowest BCUT2D eigenvalue weighted by atomic mass is 10.3. The molecule has 6 heteroatoms. The highest BCUT2D eigenvalue weighted by atomic mass is 32.2. The number of aryl methyl sites for hydroxylation is 1. The quantitative estimate of drug-likeness (QED) is 0.688. The van der Waals surface area contributed by atoms with E-state index in [9.17, 15) is 4.79 Å². The Hall–Kier alpha value is -1.82. The number of fused-ring (bicyclic) bond motifs is 1. The van der Waals surface area contributed by atoms with Gasteiger partial charge >= 0.3 is 0 Å². The van der Waals surface area contributed by atoms with Gasteiger partial charge in [-0.2, -0.15) is 0 Å². The van der Waals surface area contributed by atoms with Crippen molar-refractivity contribution in [3.63, 3.8) is 0 Å². The van der Waals surface area contributed by atoms with Crippen LogP contribution in [0.3, 0.4) is 0 Å². The predicted octanol–water partition coefficient (Wildman–Crippen LogP) is 1.95.